The van der Waals surface area contributed by atoms with E-state index in [1.165, 1.54) is 0 Å². The fraction of sp³-hybridized carbons (Fsp3) is 0.929. The first-order valence-electron chi connectivity index (χ1n) is 7.50. The summed E-state index contributed by atoms with van der Waals surface area (Å²) in [6.45, 7) is 8.27. The number of amides is 1. The van der Waals surface area contributed by atoms with Crippen LogP contribution in [0.15, 0.2) is 0 Å². The molecule has 5 heteroatoms. The number of carbonyl (C=O) groups excluding carboxylic acids is 1. The Bertz CT molecular complexity index is 292. The smallest absolute Gasteiger partial charge is 0.222 e. The second kappa shape index (κ2) is 7.22. The lowest BCUT2D eigenvalue weighted by atomic mass is 10.1. The third-order valence-electron chi connectivity index (χ3n) is 4.33. The zero-order chi connectivity index (χ0) is 13.7. The van der Waals surface area contributed by atoms with Crippen LogP contribution in [0.4, 0.5) is 0 Å². The van der Waals surface area contributed by atoms with E-state index in [-0.39, 0.29) is 0 Å². The largest absolute Gasteiger partial charge is 0.379 e. The SMILES string of the molecule is CC(CN)CCC(=O)N1CCC(N2CCOCC2)C1. The summed E-state index contributed by atoms with van der Waals surface area (Å²) in [6, 6.07) is 0.541. The molecule has 2 heterocycles. The average Bonchev–Trinajstić information content (AvgIpc) is 2.95. The van der Waals surface area contributed by atoms with Gasteiger partial charge in [-0.15, -0.1) is 0 Å². The van der Waals surface area contributed by atoms with Crippen molar-refractivity contribution in [3.63, 3.8) is 0 Å². The summed E-state index contributed by atoms with van der Waals surface area (Å²) >= 11 is 0. The molecule has 2 unspecified atom stereocenters. The van der Waals surface area contributed by atoms with Gasteiger partial charge >= 0.3 is 0 Å². The molecule has 0 aromatic carbocycles. The molecule has 0 spiro atoms. The van der Waals surface area contributed by atoms with Gasteiger partial charge in [-0.25, -0.2) is 0 Å². The maximum Gasteiger partial charge on any atom is 0.222 e. The molecule has 2 rings (SSSR count). The quantitative estimate of drug-likeness (QED) is 0.779. The summed E-state index contributed by atoms with van der Waals surface area (Å²) in [5, 5.41) is 0. The van der Waals surface area contributed by atoms with Crippen molar-refractivity contribution < 1.29 is 9.53 Å². The van der Waals surface area contributed by atoms with Gasteiger partial charge in [-0.2, -0.15) is 0 Å². The highest BCUT2D eigenvalue weighted by molar-refractivity contribution is 5.76. The van der Waals surface area contributed by atoms with E-state index >= 15 is 0 Å². The van der Waals surface area contributed by atoms with Crippen LogP contribution in [0.25, 0.3) is 0 Å². The molecule has 1 amide bonds. The van der Waals surface area contributed by atoms with Gasteiger partial charge in [0, 0.05) is 38.6 Å². The standard InChI is InChI=1S/C14H27N3O2/c1-12(10-15)2-3-14(18)17-5-4-13(11-17)16-6-8-19-9-7-16/h12-13H,2-11,15H2,1H3. The van der Waals surface area contributed by atoms with E-state index in [0.717, 1.165) is 52.2 Å². The zero-order valence-electron chi connectivity index (χ0n) is 12.0. The van der Waals surface area contributed by atoms with E-state index in [0.29, 0.717) is 30.8 Å². The molecule has 5 nitrogen and oxygen atoms in total. The van der Waals surface area contributed by atoms with Gasteiger partial charge in [-0.1, -0.05) is 6.92 Å². The second-order valence-corrected chi connectivity index (χ2v) is 5.81. The third kappa shape index (κ3) is 4.16. The topological polar surface area (TPSA) is 58.8 Å². The first-order chi connectivity index (χ1) is 9.20. The molecule has 0 saturated carbocycles. The van der Waals surface area contributed by atoms with Crippen LogP contribution in [0.1, 0.15) is 26.2 Å². The van der Waals surface area contributed by atoms with Gasteiger partial charge in [-0.05, 0) is 25.3 Å². The predicted octanol–water partition coefficient (Wildman–Crippen LogP) is 0.295. The molecule has 2 fully saturated rings. The number of nitrogens with two attached hydrogens (primary N) is 1. The van der Waals surface area contributed by atoms with Gasteiger partial charge in [0.05, 0.1) is 13.2 Å². The van der Waals surface area contributed by atoms with Gasteiger partial charge < -0.3 is 15.4 Å². The molecule has 2 saturated heterocycles. The van der Waals surface area contributed by atoms with Crippen LogP contribution < -0.4 is 5.73 Å². The Labute approximate surface area is 116 Å². The molecule has 2 atom stereocenters. The lowest BCUT2D eigenvalue weighted by Crippen LogP contribution is -2.45. The Kier molecular flexibility index (Phi) is 5.60. The van der Waals surface area contributed by atoms with Crippen molar-refractivity contribution in [1.29, 1.82) is 0 Å². The molecule has 2 aliphatic rings. The van der Waals surface area contributed by atoms with Crippen LogP contribution >= 0.6 is 0 Å². The number of hydrogen-bond acceptors (Lipinski definition) is 4. The minimum Gasteiger partial charge on any atom is -0.379 e. The molecule has 2 N–H and O–H groups in total. The Morgan fingerprint density at radius 1 is 1.37 bits per heavy atom. The number of nitrogens with zero attached hydrogens (tertiary/aromatic N) is 2. The Hall–Kier alpha value is -0.650. The zero-order valence-corrected chi connectivity index (χ0v) is 12.0. The molecular formula is C14H27N3O2. The number of carbonyl (C=O) groups is 1. The summed E-state index contributed by atoms with van der Waals surface area (Å²) < 4.78 is 5.38. The number of rotatable bonds is 5. The highest BCUT2D eigenvalue weighted by atomic mass is 16.5. The maximum absolute atomic E-state index is 12.1. The number of hydrogen-bond donors (Lipinski definition) is 1. The minimum atomic E-state index is 0.302. The van der Waals surface area contributed by atoms with E-state index in [1.807, 2.05) is 4.90 Å². The first kappa shape index (κ1) is 14.8. The summed E-state index contributed by atoms with van der Waals surface area (Å²) in [5.74, 6) is 0.748. The monoisotopic (exact) mass is 269 g/mol. The van der Waals surface area contributed by atoms with Gasteiger partial charge in [0.15, 0.2) is 0 Å². The van der Waals surface area contributed by atoms with Gasteiger partial charge in [0.25, 0.3) is 0 Å². The highest BCUT2D eigenvalue weighted by Gasteiger charge is 2.30. The Morgan fingerprint density at radius 3 is 2.79 bits per heavy atom. The molecule has 0 bridgehead atoms. The molecule has 19 heavy (non-hydrogen) atoms. The van der Waals surface area contributed by atoms with Crippen LogP contribution in [0.3, 0.4) is 0 Å². The predicted molar refractivity (Wildman–Crippen MR) is 74.8 cm³/mol. The van der Waals surface area contributed by atoms with Crippen molar-refractivity contribution in [3.8, 4) is 0 Å². The Morgan fingerprint density at radius 2 is 2.11 bits per heavy atom. The molecule has 0 radical (unpaired) electrons. The first-order valence-corrected chi connectivity index (χ1v) is 7.50. The van der Waals surface area contributed by atoms with Crippen LogP contribution in [0, 0.1) is 5.92 Å². The molecule has 0 aromatic rings. The van der Waals surface area contributed by atoms with Crippen molar-refractivity contribution in [2.24, 2.45) is 11.7 Å². The summed E-state index contributed by atoms with van der Waals surface area (Å²) in [5.41, 5.74) is 5.59. The van der Waals surface area contributed by atoms with Crippen molar-refractivity contribution in [2.45, 2.75) is 32.2 Å². The number of morpholine rings is 1. The van der Waals surface area contributed by atoms with Crippen LogP contribution in [0.5, 0.6) is 0 Å². The van der Waals surface area contributed by atoms with Crippen molar-refractivity contribution >= 4 is 5.91 Å². The molecule has 0 aliphatic carbocycles. The summed E-state index contributed by atoms with van der Waals surface area (Å²) in [4.78, 5) is 16.6. The average molecular weight is 269 g/mol. The van der Waals surface area contributed by atoms with Gasteiger partial charge in [0.1, 0.15) is 0 Å². The summed E-state index contributed by atoms with van der Waals surface area (Å²) in [7, 11) is 0. The van der Waals surface area contributed by atoms with Crippen molar-refractivity contribution in [1.82, 2.24) is 9.80 Å². The molecule has 2 aliphatic heterocycles. The highest BCUT2D eigenvalue weighted by Crippen LogP contribution is 2.18. The molecular weight excluding hydrogens is 242 g/mol. The normalized spacial score (nSPS) is 26.6. The third-order valence-corrected chi connectivity index (χ3v) is 4.33. The van der Waals surface area contributed by atoms with Crippen LogP contribution in [-0.2, 0) is 9.53 Å². The van der Waals surface area contributed by atoms with E-state index in [9.17, 15) is 4.79 Å². The molecule has 110 valence electrons. The lowest BCUT2D eigenvalue weighted by Gasteiger charge is -2.32. The fourth-order valence-corrected chi connectivity index (χ4v) is 2.85. The number of ether oxygens (including phenoxy) is 1. The van der Waals surface area contributed by atoms with E-state index in [4.69, 9.17) is 10.5 Å². The molecule has 0 aromatic heterocycles. The van der Waals surface area contributed by atoms with Crippen LogP contribution in [0.2, 0.25) is 0 Å². The van der Waals surface area contributed by atoms with E-state index in [1.54, 1.807) is 0 Å². The van der Waals surface area contributed by atoms with Gasteiger partial charge in [0.2, 0.25) is 5.91 Å². The minimum absolute atomic E-state index is 0.302. The summed E-state index contributed by atoms with van der Waals surface area (Å²) in [6.07, 6.45) is 2.67. The number of likely N-dealkylation sites (tertiary alicyclic amines) is 1. The van der Waals surface area contributed by atoms with Gasteiger partial charge in [-0.3, -0.25) is 9.69 Å². The lowest BCUT2D eigenvalue weighted by molar-refractivity contribution is -0.130. The Balaban J connectivity index is 1.72. The maximum atomic E-state index is 12.1. The second-order valence-electron chi connectivity index (χ2n) is 5.81. The van der Waals surface area contributed by atoms with E-state index < -0.39 is 0 Å². The van der Waals surface area contributed by atoms with E-state index in [2.05, 4.69) is 11.8 Å². The fourth-order valence-electron chi connectivity index (χ4n) is 2.85. The van der Waals surface area contributed by atoms with Crippen LogP contribution in [-0.4, -0.2) is 67.7 Å². The van der Waals surface area contributed by atoms with Crippen molar-refractivity contribution in [2.75, 3.05) is 45.9 Å². The van der Waals surface area contributed by atoms with Crippen molar-refractivity contribution in [3.05, 3.63) is 0 Å².